The van der Waals surface area contributed by atoms with E-state index in [-0.39, 0.29) is 0 Å². The minimum atomic E-state index is 0.384. The molecular weight excluding hydrogens is 340 g/mol. The largest absolute Gasteiger partial charge is 0.497 e. The smallest absolute Gasteiger partial charge is 0.130 e. The van der Waals surface area contributed by atoms with Crippen LogP contribution in [0.15, 0.2) is 54.4 Å². The molecule has 0 aliphatic heterocycles. The third-order valence-corrected chi connectivity index (χ3v) is 5.44. The van der Waals surface area contributed by atoms with Crippen LogP contribution in [-0.2, 0) is 0 Å². The van der Waals surface area contributed by atoms with Gasteiger partial charge in [0.2, 0.25) is 0 Å². The van der Waals surface area contributed by atoms with Crippen molar-refractivity contribution in [2.75, 3.05) is 14.2 Å². The topological polar surface area (TPSA) is 18.5 Å². The molecule has 0 fully saturated rings. The lowest BCUT2D eigenvalue weighted by Gasteiger charge is -2.21. The molecule has 0 unspecified atom stereocenters. The van der Waals surface area contributed by atoms with E-state index in [0.717, 1.165) is 22.6 Å². The maximum atomic E-state index is 5.72. The molecule has 3 aromatic rings. The van der Waals surface area contributed by atoms with E-state index in [4.69, 9.17) is 9.47 Å². The van der Waals surface area contributed by atoms with Crippen molar-refractivity contribution >= 4 is 17.4 Å². The van der Waals surface area contributed by atoms with Crippen LogP contribution in [0.3, 0.4) is 0 Å². The van der Waals surface area contributed by atoms with Crippen molar-refractivity contribution < 1.29 is 9.47 Å². The van der Waals surface area contributed by atoms with E-state index in [1.54, 1.807) is 25.6 Å². The fourth-order valence-electron chi connectivity index (χ4n) is 3.27. The molecule has 0 bridgehead atoms. The van der Waals surface area contributed by atoms with Gasteiger partial charge in [0.1, 0.15) is 11.5 Å². The molecule has 3 heteroatoms. The molecule has 0 atom stereocenters. The van der Waals surface area contributed by atoms with Crippen molar-refractivity contribution in [2.45, 2.75) is 19.8 Å². The third kappa shape index (κ3) is 3.27. The van der Waals surface area contributed by atoms with Crippen LogP contribution >= 0.6 is 11.3 Å². The molecule has 0 aliphatic rings. The SMILES string of the molecule is C=Cc1ccc(C(C)C)c(-c2ccc(OC)cc2OC)c1-c1cccs1. The van der Waals surface area contributed by atoms with Gasteiger partial charge in [-0.05, 0) is 46.2 Å². The predicted octanol–water partition coefficient (Wildman–Crippen LogP) is 6.87. The maximum Gasteiger partial charge on any atom is 0.130 e. The van der Waals surface area contributed by atoms with E-state index < -0.39 is 0 Å². The molecule has 0 N–H and O–H groups in total. The van der Waals surface area contributed by atoms with Gasteiger partial charge in [0.05, 0.1) is 14.2 Å². The quantitative estimate of drug-likeness (QED) is 0.475. The van der Waals surface area contributed by atoms with Gasteiger partial charge in [-0.1, -0.05) is 44.7 Å². The molecule has 1 heterocycles. The normalized spacial score (nSPS) is 10.8. The van der Waals surface area contributed by atoms with Crippen molar-refractivity contribution in [3.05, 3.63) is 65.6 Å². The second kappa shape index (κ2) is 7.79. The highest BCUT2D eigenvalue weighted by atomic mass is 32.1. The lowest BCUT2D eigenvalue weighted by Crippen LogP contribution is -1.99. The summed E-state index contributed by atoms with van der Waals surface area (Å²) in [7, 11) is 3.37. The minimum absolute atomic E-state index is 0.384. The van der Waals surface area contributed by atoms with E-state index in [1.807, 2.05) is 18.2 Å². The summed E-state index contributed by atoms with van der Waals surface area (Å²) in [6.07, 6.45) is 1.93. The summed E-state index contributed by atoms with van der Waals surface area (Å²) >= 11 is 1.74. The average Bonchev–Trinajstić information content (AvgIpc) is 3.20. The first-order chi connectivity index (χ1) is 12.6. The summed E-state index contributed by atoms with van der Waals surface area (Å²) < 4.78 is 11.1. The van der Waals surface area contributed by atoms with Crippen LogP contribution in [0.4, 0.5) is 0 Å². The predicted molar refractivity (Wildman–Crippen MR) is 112 cm³/mol. The van der Waals surface area contributed by atoms with Crippen molar-refractivity contribution in [3.63, 3.8) is 0 Å². The number of ether oxygens (including phenoxy) is 2. The van der Waals surface area contributed by atoms with Crippen molar-refractivity contribution in [3.8, 4) is 33.1 Å². The van der Waals surface area contributed by atoms with E-state index in [9.17, 15) is 0 Å². The van der Waals surface area contributed by atoms with Crippen molar-refractivity contribution in [1.82, 2.24) is 0 Å². The summed E-state index contributed by atoms with van der Waals surface area (Å²) in [6, 6.07) is 14.6. The lowest BCUT2D eigenvalue weighted by atomic mass is 9.85. The van der Waals surface area contributed by atoms with Gasteiger partial charge in [0.25, 0.3) is 0 Å². The van der Waals surface area contributed by atoms with Gasteiger partial charge < -0.3 is 9.47 Å². The standard InChI is InChI=1S/C23H24O2S/c1-6-16-9-11-18(15(2)3)23(22(16)21-8-7-13-26-21)19-12-10-17(24-4)14-20(19)25-5/h6-15H,1H2,2-5H3. The Kier molecular flexibility index (Phi) is 5.48. The van der Waals surface area contributed by atoms with Crippen LogP contribution in [0.1, 0.15) is 30.9 Å². The second-order valence-corrected chi connectivity index (χ2v) is 7.34. The highest BCUT2D eigenvalue weighted by Crippen LogP contribution is 2.46. The first kappa shape index (κ1) is 18.3. The van der Waals surface area contributed by atoms with E-state index in [2.05, 4.69) is 56.1 Å². The van der Waals surface area contributed by atoms with Crippen LogP contribution in [0.25, 0.3) is 27.6 Å². The van der Waals surface area contributed by atoms with Gasteiger partial charge in [-0.3, -0.25) is 0 Å². The van der Waals surface area contributed by atoms with Gasteiger partial charge in [0.15, 0.2) is 0 Å². The molecule has 0 saturated heterocycles. The molecule has 0 aliphatic carbocycles. The molecule has 2 aromatic carbocycles. The first-order valence-electron chi connectivity index (χ1n) is 8.66. The fraction of sp³-hybridized carbons (Fsp3) is 0.217. The number of benzene rings is 2. The summed E-state index contributed by atoms with van der Waals surface area (Å²) in [6.45, 7) is 8.48. The van der Waals surface area contributed by atoms with E-state index in [0.29, 0.717) is 5.92 Å². The van der Waals surface area contributed by atoms with Crippen LogP contribution in [-0.4, -0.2) is 14.2 Å². The number of thiophene rings is 1. The van der Waals surface area contributed by atoms with Gasteiger partial charge in [-0.15, -0.1) is 11.3 Å². The molecule has 3 rings (SSSR count). The van der Waals surface area contributed by atoms with Gasteiger partial charge in [0, 0.05) is 22.1 Å². The highest BCUT2D eigenvalue weighted by molar-refractivity contribution is 7.13. The highest BCUT2D eigenvalue weighted by Gasteiger charge is 2.21. The molecule has 0 saturated carbocycles. The Balaban J connectivity index is 2.40. The van der Waals surface area contributed by atoms with Crippen LogP contribution in [0.2, 0.25) is 0 Å². The fourth-order valence-corrected chi connectivity index (χ4v) is 4.07. The molecule has 0 radical (unpaired) electrons. The third-order valence-electron chi connectivity index (χ3n) is 4.56. The molecular formula is C23H24O2S. The van der Waals surface area contributed by atoms with E-state index >= 15 is 0 Å². The molecule has 2 nitrogen and oxygen atoms in total. The number of hydrogen-bond donors (Lipinski definition) is 0. The van der Waals surface area contributed by atoms with Crippen LogP contribution < -0.4 is 9.47 Å². The zero-order valence-corrected chi connectivity index (χ0v) is 16.5. The van der Waals surface area contributed by atoms with Crippen molar-refractivity contribution in [1.29, 1.82) is 0 Å². The Morgan fingerprint density at radius 3 is 2.38 bits per heavy atom. The Hall–Kier alpha value is -2.52. The Morgan fingerprint density at radius 1 is 1.00 bits per heavy atom. The zero-order valence-electron chi connectivity index (χ0n) is 15.7. The first-order valence-corrected chi connectivity index (χ1v) is 9.54. The zero-order chi connectivity index (χ0) is 18.7. The van der Waals surface area contributed by atoms with Gasteiger partial charge in [-0.2, -0.15) is 0 Å². The summed E-state index contributed by atoms with van der Waals surface area (Å²) in [5.74, 6) is 1.98. The molecule has 26 heavy (non-hydrogen) atoms. The van der Waals surface area contributed by atoms with E-state index in [1.165, 1.54) is 21.6 Å². The summed E-state index contributed by atoms with van der Waals surface area (Å²) in [4.78, 5) is 1.23. The number of rotatable bonds is 6. The van der Waals surface area contributed by atoms with Crippen LogP contribution in [0, 0.1) is 0 Å². The van der Waals surface area contributed by atoms with Gasteiger partial charge >= 0.3 is 0 Å². The Morgan fingerprint density at radius 2 is 1.81 bits per heavy atom. The molecule has 1 aromatic heterocycles. The number of methoxy groups -OCH3 is 2. The van der Waals surface area contributed by atoms with Crippen molar-refractivity contribution in [2.24, 2.45) is 0 Å². The Bertz CT molecular complexity index is 908. The maximum absolute atomic E-state index is 5.72. The Labute approximate surface area is 159 Å². The monoisotopic (exact) mass is 364 g/mol. The average molecular weight is 365 g/mol. The summed E-state index contributed by atoms with van der Waals surface area (Å²) in [5, 5.41) is 2.11. The lowest BCUT2D eigenvalue weighted by molar-refractivity contribution is 0.395. The second-order valence-electron chi connectivity index (χ2n) is 6.40. The summed E-state index contributed by atoms with van der Waals surface area (Å²) in [5.41, 5.74) is 5.92. The molecule has 134 valence electrons. The minimum Gasteiger partial charge on any atom is -0.497 e. The molecule has 0 spiro atoms. The van der Waals surface area contributed by atoms with Gasteiger partial charge in [-0.25, -0.2) is 0 Å². The molecule has 0 amide bonds. The van der Waals surface area contributed by atoms with Crippen LogP contribution in [0.5, 0.6) is 11.5 Å². The number of hydrogen-bond acceptors (Lipinski definition) is 3.